The van der Waals surface area contributed by atoms with Crippen LogP contribution in [0, 0.1) is 43.3 Å². The molecule has 9 saturated carbocycles. The fraction of sp³-hybridized carbons (Fsp3) is 0.941. The highest BCUT2D eigenvalue weighted by atomic mass is 16.2. The van der Waals surface area contributed by atoms with Gasteiger partial charge in [0.1, 0.15) is 0 Å². The number of rotatable bonds is 4. The minimum Gasteiger partial charge on any atom is -0.351 e. The molecule has 0 radical (unpaired) electrons. The van der Waals surface area contributed by atoms with Crippen molar-refractivity contribution in [1.82, 2.24) is 10.6 Å². The molecule has 4 nitrogen and oxygen atoms in total. The molecule has 0 spiro atoms. The second-order valence-electron chi connectivity index (χ2n) is 19.0. The van der Waals surface area contributed by atoms with Crippen LogP contribution in [0.4, 0.5) is 0 Å². The van der Waals surface area contributed by atoms with Crippen LogP contribution in [-0.2, 0) is 9.59 Å². The fourth-order valence-corrected chi connectivity index (χ4v) is 15.2. The highest BCUT2D eigenvalue weighted by Crippen LogP contribution is 2.75. The van der Waals surface area contributed by atoms with Crippen molar-refractivity contribution in [2.24, 2.45) is 43.3 Å². The van der Waals surface area contributed by atoms with Gasteiger partial charge in [0, 0.05) is 12.1 Å². The first-order valence-electron chi connectivity index (χ1n) is 16.1. The molecule has 9 fully saturated rings. The molecule has 2 atom stereocenters. The predicted octanol–water partition coefficient (Wildman–Crippen LogP) is 7.30. The van der Waals surface area contributed by atoms with Crippen LogP contribution < -0.4 is 10.6 Å². The van der Waals surface area contributed by atoms with E-state index in [0.717, 1.165) is 64.2 Å². The zero-order valence-electron chi connectivity index (χ0n) is 25.3. The molecule has 38 heavy (non-hydrogen) atoms. The molecule has 9 aliphatic rings. The Labute approximate surface area is 231 Å². The minimum absolute atomic E-state index is 0.0808. The molecule has 0 aromatic rings. The SMILES string of the molecule is CC12CC3(C)CC(C)(C1)CC(C(=O)NC1CCCCC1NC(=O)C14CC5(C)CC(C)(CC(C)(C5)C1)C4)(C2)C3. The summed E-state index contributed by atoms with van der Waals surface area (Å²) in [6, 6.07) is 0.162. The minimum atomic E-state index is -0.212. The van der Waals surface area contributed by atoms with Crippen molar-refractivity contribution in [1.29, 1.82) is 0 Å². The van der Waals surface area contributed by atoms with Gasteiger partial charge in [-0.2, -0.15) is 0 Å². The molecule has 0 aromatic carbocycles. The van der Waals surface area contributed by atoms with Gasteiger partial charge in [0.05, 0.1) is 10.8 Å². The Kier molecular flexibility index (Phi) is 5.05. The molecule has 2 unspecified atom stereocenters. The van der Waals surface area contributed by atoms with Gasteiger partial charge >= 0.3 is 0 Å². The zero-order chi connectivity index (χ0) is 27.0. The monoisotopic (exact) mass is 522 g/mol. The van der Waals surface area contributed by atoms with E-state index in [0.29, 0.717) is 44.3 Å². The van der Waals surface area contributed by atoms with E-state index in [9.17, 15) is 9.59 Å². The van der Waals surface area contributed by atoms with E-state index in [4.69, 9.17) is 0 Å². The van der Waals surface area contributed by atoms with Gasteiger partial charge in [-0.1, -0.05) is 54.4 Å². The van der Waals surface area contributed by atoms with Gasteiger partial charge in [0.15, 0.2) is 0 Å². The lowest BCUT2D eigenvalue weighted by atomic mass is 9.36. The summed E-state index contributed by atoms with van der Waals surface area (Å²) in [5, 5.41) is 7.25. The number of amides is 2. The summed E-state index contributed by atoms with van der Waals surface area (Å²) in [5.41, 5.74) is 1.39. The average Bonchev–Trinajstić information content (AvgIpc) is 2.68. The summed E-state index contributed by atoms with van der Waals surface area (Å²) in [4.78, 5) is 28.5. The van der Waals surface area contributed by atoms with Crippen LogP contribution in [0.25, 0.3) is 0 Å². The third kappa shape index (κ3) is 3.87. The second-order valence-corrected chi connectivity index (χ2v) is 19.0. The Morgan fingerprint density at radius 2 is 0.684 bits per heavy atom. The van der Waals surface area contributed by atoms with Crippen molar-refractivity contribution in [3.05, 3.63) is 0 Å². The summed E-state index contributed by atoms with van der Waals surface area (Å²) < 4.78 is 0. The zero-order valence-corrected chi connectivity index (χ0v) is 25.3. The number of carbonyl (C=O) groups is 2. The lowest BCUT2D eigenvalue weighted by Gasteiger charge is -2.68. The van der Waals surface area contributed by atoms with Crippen LogP contribution in [0.15, 0.2) is 0 Å². The van der Waals surface area contributed by atoms with Crippen LogP contribution in [-0.4, -0.2) is 23.9 Å². The van der Waals surface area contributed by atoms with Crippen LogP contribution >= 0.6 is 0 Å². The molecule has 8 bridgehead atoms. The predicted molar refractivity (Wildman–Crippen MR) is 151 cm³/mol. The largest absolute Gasteiger partial charge is 0.351 e. The first-order valence-corrected chi connectivity index (χ1v) is 16.1. The van der Waals surface area contributed by atoms with Crippen LogP contribution in [0.3, 0.4) is 0 Å². The highest BCUT2D eigenvalue weighted by molar-refractivity contribution is 5.85. The van der Waals surface area contributed by atoms with Crippen molar-refractivity contribution in [2.45, 2.75) is 156 Å². The maximum absolute atomic E-state index is 14.2. The lowest BCUT2D eigenvalue weighted by Crippen LogP contribution is -2.66. The normalized spacial score (nSPS) is 58.2. The Bertz CT molecular complexity index is 885. The van der Waals surface area contributed by atoms with Crippen LogP contribution in [0.2, 0.25) is 0 Å². The Morgan fingerprint density at radius 1 is 0.447 bits per heavy atom. The van der Waals surface area contributed by atoms with Crippen molar-refractivity contribution < 1.29 is 9.59 Å². The molecule has 0 aromatic heterocycles. The molecule has 0 heterocycles. The Hall–Kier alpha value is -1.06. The fourth-order valence-electron chi connectivity index (χ4n) is 15.2. The van der Waals surface area contributed by atoms with Gasteiger partial charge in [-0.25, -0.2) is 0 Å². The number of nitrogens with one attached hydrogen (secondary N) is 2. The quantitative estimate of drug-likeness (QED) is 0.407. The van der Waals surface area contributed by atoms with Crippen molar-refractivity contribution in [3.63, 3.8) is 0 Å². The summed E-state index contributed by atoms with van der Waals surface area (Å²) >= 11 is 0. The highest BCUT2D eigenvalue weighted by Gasteiger charge is 2.68. The summed E-state index contributed by atoms with van der Waals surface area (Å²) in [5.74, 6) is 0.627. The van der Waals surface area contributed by atoms with Crippen molar-refractivity contribution in [3.8, 4) is 0 Å². The molecule has 9 rings (SSSR count). The molecule has 2 N–H and O–H groups in total. The molecule has 0 saturated heterocycles. The summed E-state index contributed by atoms with van der Waals surface area (Å²) in [6.45, 7) is 14.7. The Balaban J connectivity index is 1.10. The van der Waals surface area contributed by atoms with Gasteiger partial charge in [-0.3, -0.25) is 9.59 Å². The molecule has 2 amide bonds. The van der Waals surface area contributed by atoms with Gasteiger partial charge in [0.25, 0.3) is 0 Å². The third-order valence-electron chi connectivity index (χ3n) is 13.1. The average molecular weight is 523 g/mol. The standard InChI is InChI=1S/C34H54N2O2/c1-27-11-28(2)13-29(3,12-27)19-33(17-27,18-28)25(37)35-23-9-7-8-10-24(23)36-26(38)34-20-30(4)14-31(5,21-34)16-32(6,15-30)22-34/h23-24H,7-22H2,1-6H3,(H,35,37)(H,36,38). The molecule has 212 valence electrons. The first-order chi connectivity index (χ1) is 17.5. The first kappa shape index (κ1) is 25.9. The van der Waals surface area contributed by atoms with E-state index in [1.165, 1.54) is 38.5 Å². The molecular weight excluding hydrogens is 468 g/mol. The molecule has 0 aliphatic heterocycles. The van der Waals surface area contributed by atoms with Crippen LogP contribution in [0.5, 0.6) is 0 Å². The molecular formula is C34H54N2O2. The molecule has 4 heteroatoms. The van der Waals surface area contributed by atoms with E-state index in [1.807, 2.05) is 0 Å². The second kappa shape index (κ2) is 7.41. The van der Waals surface area contributed by atoms with Gasteiger partial charge < -0.3 is 10.6 Å². The van der Waals surface area contributed by atoms with E-state index in [2.05, 4.69) is 52.2 Å². The topological polar surface area (TPSA) is 58.2 Å². The molecule has 9 aliphatic carbocycles. The third-order valence-corrected chi connectivity index (χ3v) is 13.1. The summed E-state index contributed by atoms with van der Waals surface area (Å²) in [7, 11) is 0. The van der Waals surface area contributed by atoms with Gasteiger partial charge in [-0.05, 0) is 122 Å². The van der Waals surface area contributed by atoms with E-state index in [-0.39, 0.29) is 22.9 Å². The van der Waals surface area contributed by atoms with E-state index >= 15 is 0 Å². The van der Waals surface area contributed by atoms with Crippen molar-refractivity contribution >= 4 is 11.8 Å². The lowest BCUT2D eigenvalue weighted by molar-refractivity contribution is -0.193. The van der Waals surface area contributed by atoms with Gasteiger partial charge in [0.2, 0.25) is 11.8 Å². The maximum atomic E-state index is 14.2. The number of hydrogen-bond donors (Lipinski definition) is 2. The van der Waals surface area contributed by atoms with E-state index in [1.54, 1.807) is 0 Å². The van der Waals surface area contributed by atoms with E-state index < -0.39 is 0 Å². The summed E-state index contributed by atoms with van der Waals surface area (Å²) in [6.07, 6.45) is 18.3. The van der Waals surface area contributed by atoms with Crippen molar-refractivity contribution in [2.75, 3.05) is 0 Å². The van der Waals surface area contributed by atoms with Gasteiger partial charge in [-0.15, -0.1) is 0 Å². The number of carbonyl (C=O) groups excluding carboxylic acids is 2. The Morgan fingerprint density at radius 3 is 0.921 bits per heavy atom. The van der Waals surface area contributed by atoms with Crippen LogP contribution in [0.1, 0.15) is 144 Å². The number of hydrogen-bond acceptors (Lipinski definition) is 2. The maximum Gasteiger partial charge on any atom is 0.226 e. The smallest absolute Gasteiger partial charge is 0.226 e.